The van der Waals surface area contributed by atoms with E-state index in [0.29, 0.717) is 15.3 Å². The van der Waals surface area contributed by atoms with E-state index in [-0.39, 0.29) is 0 Å². The van der Waals surface area contributed by atoms with E-state index < -0.39 is 0 Å². The molecule has 4 nitrogen and oxygen atoms in total. The third-order valence-corrected chi connectivity index (χ3v) is 5.01. The predicted molar refractivity (Wildman–Crippen MR) is 83.9 cm³/mol. The van der Waals surface area contributed by atoms with Gasteiger partial charge in [0.2, 0.25) is 0 Å². The van der Waals surface area contributed by atoms with Gasteiger partial charge in [0.05, 0.1) is 6.20 Å². The monoisotopic (exact) mass is 328 g/mol. The third kappa shape index (κ3) is 3.40. The number of anilines is 1. The van der Waals surface area contributed by atoms with Gasteiger partial charge in [-0.15, -0.1) is 5.10 Å². The van der Waals surface area contributed by atoms with Crippen molar-refractivity contribution in [1.82, 2.24) is 15.4 Å². The van der Waals surface area contributed by atoms with Crippen LogP contribution >= 0.6 is 35.0 Å². The Kier molecular flexibility index (Phi) is 4.38. The second kappa shape index (κ2) is 6.24. The van der Waals surface area contributed by atoms with Crippen molar-refractivity contribution in [3.63, 3.8) is 0 Å². The Hall–Kier alpha value is -0.910. The second-order valence-corrected chi connectivity index (χ2v) is 6.93. The molecule has 1 N–H and O–H groups in total. The van der Waals surface area contributed by atoms with Crippen molar-refractivity contribution in [2.24, 2.45) is 0 Å². The Balaban J connectivity index is 1.60. The van der Waals surface area contributed by atoms with Crippen LogP contribution in [0.3, 0.4) is 0 Å². The van der Waals surface area contributed by atoms with Crippen LogP contribution in [0.4, 0.5) is 5.69 Å². The number of aromatic nitrogens is 3. The molecule has 0 bridgehead atoms. The lowest BCUT2D eigenvalue weighted by atomic mass is 10.1. The molecule has 2 aromatic rings. The smallest absolute Gasteiger partial charge is 0.138 e. The van der Waals surface area contributed by atoms with Crippen molar-refractivity contribution in [3.05, 3.63) is 34.4 Å². The molecule has 7 heteroatoms. The van der Waals surface area contributed by atoms with Crippen molar-refractivity contribution in [3.8, 4) is 0 Å². The highest BCUT2D eigenvalue weighted by Crippen LogP contribution is 2.32. The van der Waals surface area contributed by atoms with Crippen LogP contribution in [0.25, 0.3) is 0 Å². The third-order valence-electron chi connectivity index (χ3n) is 3.33. The van der Waals surface area contributed by atoms with Crippen molar-refractivity contribution < 1.29 is 0 Å². The van der Waals surface area contributed by atoms with Crippen LogP contribution in [0, 0.1) is 0 Å². The number of hydrogen-bond donors (Lipinski definition) is 1. The minimum absolute atomic E-state index is 0.589. The second-order valence-electron chi connectivity index (χ2n) is 4.74. The van der Waals surface area contributed by atoms with Crippen LogP contribution in [-0.2, 0) is 0 Å². The van der Waals surface area contributed by atoms with Gasteiger partial charge in [0.25, 0.3) is 0 Å². The number of thioether (sulfide) groups is 1. The lowest BCUT2D eigenvalue weighted by Gasteiger charge is -2.33. The van der Waals surface area contributed by atoms with E-state index in [2.05, 4.69) is 20.3 Å². The van der Waals surface area contributed by atoms with Gasteiger partial charge >= 0.3 is 0 Å². The molecule has 2 heterocycles. The molecule has 0 atom stereocenters. The predicted octanol–water partition coefficient (Wildman–Crippen LogP) is 3.87. The highest BCUT2D eigenvalue weighted by Gasteiger charge is 2.21. The summed E-state index contributed by atoms with van der Waals surface area (Å²) < 4.78 is 0. The van der Waals surface area contributed by atoms with Gasteiger partial charge in [-0.2, -0.15) is 10.3 Å². The summed E-state index contributed by atoms with van der Waals surface area (Å²) in [6.45, 7) is 2.01. The van der Waals surface area contributed by atoms with Gasteiger partial charge in [0.15, 0.2) is 0 Å². The lowest BCUT2D eigenvalue weighted by molar-refractivity contribution is 0.590. The summed E-state index contributed by atoms with van der Waals surface area (Å²) >= 11 is 13.9. The Morgan fingerprint density at radius 2 is 1.85 bits per heavy atom. The maximum Gasteiger partial charge on any atom is 0.138 e. The van der Waals surface area contributed by atoms with Crippen LogP contribution in [0.1, 0.15) is 12.8 Å². The summed E-state index contributed by atoms with van der Waals surface area (Å²) in [6.07, 6.45) is 4.00. The fourth-order valence-corrected chi connectivity index (χ4v) is 3.88. The first kappa shape index (κ1) is 14.0. The van der Waals surface area contributed by atoms with Crippen molar-refractivity contribution >= 4 is 40.7 Å². The number of aromatic amines is 1. The first-order chi connectivity index (χ1) is 9.70. The zero-order chi connectivity index (χ0) is 13.9. The lowest BCUT2D eigenvalue weighted by Crippen LogP contribution is -2.34. The largest absolute Gasteiger partial charge is 0.371 e. The summed E-state index contributed by atoms with van der Waals surface area (Å²) in [5.74, 6) is 0. The minimum atomic E-state index is 0.589. The molecule has 0 amide bonds. The maximum atomic E-state index is 6.06. The molecular formula is C13H14Cl2N4S. The molecule has 0 unspecified atom stereocenters. The summed E-state index contributed by atoms with van der Waals surface area (Å²) in [4.78, 5) is 2.33. The number of nitrogens with one attached hydrogen (secondary N) is 1. The average molecular weight is 329 g/mol. The standard InChI is InChI=1S/C13H14Cl2N4S/c14-9-5-10(15)7-11(6-9)19-3-1-12(2-4-19)20-13-8-16-18-17-13/h5-8,12H,1-4H2,(H,16,17,18). The normalized spacial score (nSPS) is 16.6. The van der Waals surface area contributed by atoms with Gasteiger partial charge in [-0.25, -0.2) is 0 Å². The number of nitrogens with zero attached hydrogens (tertiary/aromatic N) is 3. The zero-order valence-corrected chi connectivity index (χ0v) is 13.0. The summed E-state index contributed by atoms with van der Waals surface area (Å²) in [7, 11) is 0. The SMILES string of the molecule is Clc1cc(Cl)cc(N2CCC(Sc3cn[nH]n3)CC2)c1. The van der Waals surface area contributed by atoms with E-state index in [9.17, 15) is 0 Å². The Bertz CT molecular complexity index is 548. The van der Waals surface area contributed by atoms with Crippen molar-refractivity contribution in [2.45, 2.75) is 23.1 Å². The topological polar surface area (TPSA) is 44.8 Å². The van der Waals surface area contributed by atoms with Crippen molar-refractivity contribution in [2.75, 3.05) is 18.0 Å². The molecule has 20 heavy (non-hydrogen) atoms. The van der Waals surface area contributed by atoms with Gasteiger partial charge in [0.1, 0.15) is 5.03 Å². The molecule has 0 aliphatic carbocycles. The highest BCUT2D eigenvalue weighted by molar-refractivity contribution is 7.99. The fourth-order valence-electron chi connectivity index (χ4n) is 2.37. The van der Waals surface area contributed by atoms with Crippen LogP contribution in [0.2, 0.25) is 10.0 Å². The van der Waals surface area contributed by atoms with E-state index in [1.807, 2.05) is 12.1 Å². The molecule has 0 radical (unpaired) electrons. The van der Waals surface area contributed by atoms with Gasteiger partial charge in [-0.1, -0.05) is 35.0 Å². The van der Waals surface area contributed by atoms with Gasteiger partial charge < -0.3 is 4.90 Å². The summed E-state index contributed by atoms with van der Waals surface area (Å²) in [5, 5.41) is 13.5. The molecule has 1 aromatic carbocycles. The zero-order valence-electron chi connectivity index (χ0n) is 10.7. The van der Waals surface area contributed by atoms with E-state index >= 15 is 0 Å². The number of hydrogen-bond acceptors (Lipinski definition) is 4. The average Bonchev–Trinajstić information content (AvgIpc) is 2.91. The Morgan fingerprint density at radius 3 is 2.45 bits per heavy atom. The minimum Gasteiger partial charge on any atom is -0.371 e. The van der Waals surface area contributed by atoms with E-state index in [0.717, 1.165) is 36.6 Å². The Morgan fingerprint density at radius 1 is 1.15 bits per heavy atom. The molecule has 1 saturated heterocycles. The highest BCUT2D eigenvalue weighted by atomic mass is 35.5. The van der Waals surface area contributed by atoms with Crippen LogP contribution in [-0.4, -0.2) is 33.8 Å². The van der Waals surface area contributed by atoms with E-state index in [1.54, 1.807) is 24.0 Å². The van der Waals surface area contributed by atoms with E-state index in [4.69, 9.17) is 23.2 Å². The molecule has 0 saturated carbocycles. The molecule has 1 aliphatic rings. The molecule has 0 spiro atoms. The summed E-state index contributed by atoms with van der Waals surface area (Å²) in [5.41, 5.74) is 1.10. The number of benzene rings is 1. The molecule has 106 valence electrons. The van der Waals surface area contributed by atoms with Crippen LogP contribution in [0.5, 0.6) is 0 Å². The van der Waals surface area contributed by atoms with Crippen LogP contribution in [0.15, 0.2) is 29.4 Å². The maximum absolute atomic E-state index is 6.06. The first-order valence-corrected chi connectivity index (χ1v) is 8.08. The Labute approximate surface area is 131 Å². The summed E-state index contributed by atoms with van der Waals surface area (Å²) in [6, 6.07) is 5.71. The first-order valence-electron chi connectivity index (χ1n) is 6.44. The van der Waals surface area contributed by atoms with Gasteiger partial charge in [-0.05, 0) is 31.0 Å². The van der Waals surface area contributed by atoms with Gasteiger partial charge in [-0.3, -0.25) is 0 Å². The van der Waals surface area contributed by atoms with E-state index in [1.165, 1.54) is 0 Å². The van der Waals surface area contributed by atoms with Crippen molar-refractivity contribution in [1.29, 1.82) is 0 Å². The number of rotatable bonds is 3. The molecular weight excluding hydrogens is 315 g/mol. The quantitative estimate of drug-likeness (QED) is 0.928. The van der Waals surface area contributed by atoms with Crippen LogP contribution < -0.4 is 4.90 Å². The molecule has 1 aliphatic heterocycles. The number of piperidine rings is 1. The molecule has 1 aromatic heterocycles. The fraction of sp³-hybridized carbons (Fsp3) is 0.385. The molecule has 3 rings (SSSR count). The van der Waals surface area contributed by atoms with Gasteiger partial charge in [0, 0.05) is 34.1 Å². The number of H-pyrrole nitrogens is 1. The number of halogens is 2. The molecule has 1 fully saturated rings.